The molecule has 4 rings (SSSR count). The lowest BCUT2D eigenvalue weighted by Crippen LogP contribution is -2.37. The largest absolute Gasteiger partial charge is 0.456 e. The molecule has 1 saturated heterocycles. The van der Waals surface area contributed by atoms with E-state index in [1.165, 1.54) is 0 Å². The van der Waals surface area contributed by atoms with Gasteiger partial charge in [-0.1, -0.05) is 31.7 Å². The van der Waals surface area contributed by atoms with Gasteiger partial charge in [0.15, 0.2) is 5.82 Å². The summed E-state index contributed by atoms with van der Waals surface area (Å²) in [6.45, 7) is 12.5. The van der Waals surface area contributed by atoms with Crippen LogP contribution in [0.4, 0.5) is 5.82 Å². The van der Waals surface area contributed by atoms with Crippen molar-refractivity contribution in [3.8, 4) is 0 Å². The molecule has 2 aliphatic rings. The Kier molecular flexibility index (Phi) is 6.91. The van der Waals surface area contributed by atoms with Crippen molar-refractivity contribution in [3.05, 3.63) is 66.4 Å². The van der Waals surface area contributed by atoms with Crippen LogP contribution in [0.1, 0.15) is 38.7 Å². The Balaban J connectivity index is 1.77. The lowest BCUT2D eigenvalue weighted by atomic mass is 10.0. The molecule has 7 nitrogen and oxygen atoms in total. The highest BCUT2D eigenvalue weighted by atomic mass is 16.5. The number of morpholine rings is 1. The third kappa shape index (κ3) is 6.06. The fraction of sp³-hybridized carbons (Fsp3) is 0.423. The number of hydrogen-bond acceptors (Lipinski definition) is 7. The van der Waals surface area contributed by atoms with Crippen LogP contribution >= 0.6 is 0 Å². The van der Waals surface area contributed by atoms with Crippen molar-refractivity contribution in [1.82, 2.24) is 15.0 Å². The zero-order valence-electron chi connectivity index (χ0n) is 19.6. The number of aryl methyl sites for hydroxylation is 1. The van der Waals surface area contributed by atoms with Gasteiger partial charge in [-0.25, -0.2) is 15.0 Å². The van der Waals surface area contributed by atoms with Gasteiger partial charge in [0.25, 0.3) is 0 Å². The van der Waals surface area contributed by atoms with Gasteiger partial charge in [-0.2, -0.15) is 0 Å². The monoisotopic (exact) mass is 448 g/mol. The highest BCUT2D eigenvalue weighted by Crippen LogP contribution is 2.28. The molecule has 0 radical (unpaired) electrons. The van der Waals surface area contributed by atoms with E-state index in [1.54, 1.807) is 13.8 Å². The van der Waals surface area contributed by atoms with Crippen molar-refractivity contribution < 1.29 is 14.6 Å². The number of hydrogen-bond donors (Lipinski definition) is 1. The average Bonchev–Trinajstić information content (AvgIpc) is 2.87. The van der Waals surface area contributed by atoms with Crippen molar-refractivity contribution in [2.24, 2.45) is 5.92 Å². The van der Waals surface area contributed by atoms with Gasteiger partial charge in [0.05, 0.1) is 24.3 Å². The number of nitrogens with zero attached hydrogens (tertiary/aromatic N) is 4. The van der Waals surface area contributed by atoms with Gasteiger partial charge in [-0.3, -0.25) is 0 Å². The molecule has 2 aromatic heterocycles. The highest BCUT2D eigenvalue weighted by molar-refractivity contribution is 5.87. The van der Waals surface area contributed by atoms with E-state index in [4.69, 9.17) is 24.4 Å². The topological polar surface area (TPSA) is 80.6 Å². The maximum atomic E-state index is 10.2. The molecule has 0 amide bonds. The molecule has 0 saturated carbocycles. The molecule has 4 heterocycles. The molecule has 33 heavy (non-hydrogen) atoms. The number of fused-ring (bicyclic) bond motifs is 1. The predicted molar refractivity (Wildman–Crippen MR) is 131 cm³/mol. The summed E-state index contributed by atoms with van der Waals surface area (Å²) in [6, 6.07) is 3.89. The Morgan fingerprint density at radius 1 is 1.15 bits per heavy atom. The molecule has 7 heteroatoms. The summed E-state index contributed by atoms with van der Waals surface area (Å²) in [5.41, 5.74) is 1.44. The van der Waals surface area contributed by atoms with E-state index in [9.17, 15) is 5.11 Å². The molecule has 0 aliphatic carbocycles. The zero-order valence-corrected chi connectivity index (χ0v) is 19.6. The van der Waals surface area contributed by atoms with Crippen LogP contribution in [-0.2, 0) is 15.9 Å². The summed E-state index contributed by atoms with van der Waals surface area (Å²) in [6.07, 6.45) is 11.0. The Morgan fingerprint density at radius 3 is 2.70 bits per heavy atom. The van der Waals surface area contributed by atoms with Gasteiger partial charge < -0.3 is 19.5 Å². The van der Waals surface area contributed by atoms with Crippen LogP contribution in [0.25, 0.3) is 16.8 Å². The van der Waals surface area contributed by atoms with Gasteiger partial charge in [0.1, 0.15) is 28.6 Å². The quantitative estimate of drug-likeness (QED) is 0.734. The number of ether oxygens (including phenoxy) is 2. The summed E-state index contributed by atoms with van der Waals surface area (Å²) in [5, 5.41) is 10.2. The minimum atomic E-state index is -0.776. The van der Waals surface area contributed by atoms with E-state index in [0.29, 0.717) is 49.1 Å². The fourth-order valence-corrected chi connectivity index (χ4v) is 3.75. The van der Waals surface area contributed by atoms with E-state index >= 15 is 0 Å². The third-order valence-electron chi connectivity index (χ3n) is 5.56. The van der Waals surface area contributed by atoms with Crippen molar-refractivity contribution in [2.75, 3.05) is 31.2 Å². The maximum absolute atomic E-state index is 10.2. The Morgan fingerprint density at radius 2 is 1.94 bits per heavy atom. The van der Waals surface area contributed by atoms with Crippen molar-refractivity contribution in [2.45, 2.75) is 39.2 Å². The van der Waals surface area contributed by atoms with Gasteiger partial charge in [0.2, 0.25) is 0 Å². The van der Waals surface area contributed by atoms with Crippen molar-refractivity contribution >= 4 is 22.6 Å². The molecular formula is C26H32N4O3. The summed E-state index contributed by atoms with van der Waals surface area (Å²) in [7, 11) is 0. The first-order valence-corrected chi connectivity index (χ1v) is 11.4. The van der Waals surface area contributed by atoms with E-state index in [0.717, 1.165) is 29.9 Å². The van der Waals surface area contributed by atoms with E-state index < -0.39 is 5.60 Å². The molecule has 2 aromatic rings. The number of pyridine rings is 1. The summed E-state index contributed by atoms with van der Waals surface area (Å²) < 4.78 is 11.6. The molecule has 0 bridgehead atoms. The summed E-state index contributed by atoms with van der Waals surface area (Å²) in [5.74, 6) is 2.88. The smallest absolute Gasteiger partial charge is 0.159 e. The first-order chi connectivity index (χ1) is 15.8. The minimum absolute atomic E-state index is 0.173. The molecule has 1 atom stereocenters. The van der Waals surface area contributed by atoms with Crippen LogP contribution < -0.4 is 4.90 Å². The highest BCUT2D eigenvalue weighted by Gasteiger charge is 2.21. The van der Waals surface area contributed by atoms with Crippen LogP contribution in [0.15, 0.2) is 54.9 Å². The normalized spacial score (nSPS) is 23.2. The lowest BCUT2D eigenvalue weighted by molar-refractivity contribution is 0.0708. The fourth-order valence-electron chi connectivity index (χ4n) is 3.75. The van der Waals surface area contributed by atoms with Crippen LogP contribution in [0.2, 0.25) is 0 Å². The van der Waals surface area contributed by atoms with Crippen LogP contribution in [0.5, 0.6) is 0 Å². The maximum Gasteiger partial charge on any atom is 0.159 e. The van der Waals surface area contributed by atoms with Gasteiger partial charge in [0, 0.05) is 19.5 Å². The van der Waals surface area contributed by atoms with Gasteiger partial charge in [-0.15, -0.1) is 0 Å². The van der Waals surface area contributed by atoms with E-state index in [-0.39, 0.29) is 5.92 Å². The second-order valence-corrected chi connectivity index (χ2v) is 9.14. The van der Waals surface area contributed by atoms with Crippen LogP contribution in [0.3, 0.4) is 0 Å². The number of aliphatic hydroxyl groups is 1. The predicted octanol–water partition coefficient (Wildman–Crippen LogP) is 4.20. The summed E-state index contributed by atoms with van der Waals surface area (Å²) in [4.78, 5) is 16.8. The SMILES string of the molecule is C=C1/C=C\C=C/C(C)/C=C(/c2ccc3nc(CCC(C)(C)O)nc(N4CCOCC4)c3n2)O1. The first-order valence-electron chi connectivity index (χ1n) is 11.4. The molecule has 2 aliphatic heterocycles. The Hall–Kier alpha value is -3.03. The van der Waals surface area contributed by atoms with Gasteiger partial charge in [-0.05, 0) is 50.5 Å². The summed E-state index contributed by atoms with van der Waals surface area (Å²) >= 11 is 0. The van der Waals surface area contributed by atoms with Crippen molar-refractivity contribution in [3.63, 3.8) is 0 Å². The molecule has 0 spiro atoms. The molecule has 0 aromatic carbocycles. The van der Waals surface area contributed by atoms with Crippen molar-refractivity contribution in [1.29, 1.82) is 0 Å². The molecular weight excluding hydrogens is 416 g/mol. The lowest BCUT2D eigenvalue weighted by Gasteiger charge is -2.28. The van der Waals surface area contributed by atoms with E-state index in [1.807, 2.05) is 36.4 Å². The standard InChI is InChI=1S/C26H32N4O3/c1-18-7-5-6-8-19(2)33-22(17-18)20-9-10-21-24(28-20)25(30-13-15-32-16-14-30)29-23(27-21)11-12-26(3,4)31/h5-10,17-18,31H,2,11-16H2,1,3-4H3/b7-5-,8-6-,22-17-. The Bertz CT molecular complexity index is 1110. The van der Waals surface area contributed by atoms with Gasteiger partial charge >= 0.3 is 0 Å². The number of anilines is 1. The zero-order chi connectivity index (χ0) is 23.4. The second-order valence-electron chi connectivity index (χ2n) is 9.14. The number of rotatable bonds is 5. The van der Waals surface area contributed by atoms with E-state index in [2.05, 4.69) is 24.5 Å². The molecule has 1 fully saturated rings. The van der Waals surface area contributed by atoms with Crippen LogP contribution in [0, 0.1) is 5.92 Å². The molecule has 1 unspecified atom stereocenters. The molecule has 1 N–H and O–H groups in total. The molecule has 174 valence electrons. The van der Waals surface area contributed by atoms with Crippen LogP contribution in [-0.4, -0.2) is 52.0 Å². The first kappa shape index (κ1) is 23.1. The number of allylic oxidation sites excluding steroid dienone is 5. The Labute approximate surface area is 195 Å². The average molecular weight is 449 g/mol. The number of aromatic nitrogens is 3. The second kappa shape index (κ2) is 9.85. The third-order valence-corrected chi connectivity index (χ3v) is 5.56. The minimum Gasteiger partial charge on any atom is -0.456 e.